The SMILES string of the molecule is Cc1[nH]c2ccccc2c1-c1nc2cc(F)c(F)cc2[nH]c1=O. The van der Waals surface area contributed by atoms with Crippen LogP contribution in [0.3, 0.4) is 0 Å². The van der Waals surface area contributed by atoms with Crippen LogP contribution in [0.15, 0.2) is 41.2 Å². The van der Waals surface area contributed by atoms with Gasteiger partial charge in [0.25, 0.3) is 5.56 Å². The van der Waals surface area contributed by atoms with Gasteiger partial charge in [0, 0.05) is 34.3 Å². The number of hydrogen-bond acceptors (Lipinski definition) is 2. The van der Waals surface area contributed by atoms with Gasteiger partial charge in [0.15, 0.2) is 11.6 Å². The highest BCUT2D eigenvalue weighted by molar-refractivity contribution is 5.97. The van der Waals surface area contributed by atoms with E-state index in [9.17, 15) is 13.6 Å². The van der Waals surface area contributed by atoms with Crippen LogP contribution in [0.25, 0.3) is 33.2 Å². The van der Waals surface area contributed by atoms with E-state index < -0.39 is 17.2 Å². The second-order valence-corrected chi connectivity index (χ2v) is 5.37. The molecule has 0 fully saturated rings. The average Bonchev–Trinajstić information content (AvgIpc) is 2.84. The van der Waals surface area contributed by atoms with E-state index >= 15 is 0 Å². The Bertz CT molecular complexity index is 1130. The summed E-state index contributed by atoms with van der Waals surface area (Å²) in [6.45, 7) is 1.84. The fourth-order valence-electron chi connectivity index (χ4n) is 2.83. The van der Waals surface area contributed by atoms with E-state index in [0.29, 0.717) is 5.56 Å². The molecular formula is C17H11F2N3O. The number of nitrogens with one attached hydrogen (secondary N) is 2. The first-order valence-corrected chi connectivity index (χ1v) is 7.01. The Hall–Kier alpha value is -3.02. The Labute approximate surface area is 128 Å². The maximum absolute atomic E-state index is 13.4. The highest BCUT2D eigenvalue weighted by Crippen LogP contribution is 2.29. The van der Waals surface area contributed by atoms with E-state index in [1.165, 1.54) is 0 Å². The molecule has 4 nitrogen and oxygen atoms in total. The fourth-order valence-corrected chi connectivity index (χ4v) is 2.83. The largest absolute Gasteiger partial charge is 0.358 e. The normalized spacial score (nSPS) is 11.4. The van der Waals surface area contributed by atoms with E-state index in [0.717, 1.165) is 28.7 Å². The summed E-state index contributed by atoms with van der Waals surface area (Å²) in [5.74, 6) is -2.02. The molecule has 4 rings (SSSR count). The van der Waals surface area contributed by atoms with Gasteiger partial charge in [0.05, 0.1) is 11.0 Å². The predicted octanol–water partition coefficient (Wildman–Crippen LogP) is 3.66. The third kappa shape index (κ3) is 2.03. The summed E-state index contributed by atoms with van der Waals surface area (Å²) in [6.07, 6.45) is 0. The molecule has 0 unspecified atom stereocenters. The number of fused-ring (bicyclic) bond motifs is 2. The van der Waals surface area contributed by atoms with Crippen molar-refractivity contribution in [1.29, 1.82) is 0 Å². The van der Waals surface area contributed by atoms with Gasteiger partial charge in [-0.1, -0.05) is 18.2 Å². The number of aromatic nitrogens is 3. The van der Waals surface area contributed by atoms with Gasteiger partial charge in [0.2, 0.25) is 0 Å². The summed E-state index contributed by atoms with van der Waals surface area (Å²) < 4.78 is 26.7. The minimum atomic E-state index is -1.02. The molecule has 2 N–H and O–H groups in total. The highest BCUT2D eigenvalue weighted by Gasteiger charge is 2.16. The maximum atomic E-state index is 13.4. The summed E-state index contributed by atoms with van der Waals surface area (Å²) in [4.78, 5) is 22.4. The van der Waals surface area contributed by atoms with Crippen molar-refractivity contribution in [2.75, 3.05) is 0 Å². The number of hydrogen-bond donors (Lipinski definition) is 2. The molecule has 0 bridgehead atoms. The molecule has 0 spiro atoms. The summed E-state index contributed by atoms with van der Waals surface area (Å²) in [6, 6.07) is 9.45. The lowest BCUT2D eigenvalue weighted by molar-refractivity contribution is 0.510. The van der Waals surface area contributed by atoms with Gasteiger partial charge in [-0.3, -0.25) is 4.79 Å². The van der Waals surface area contributed by atoms with Crippen molar-refractivity contribution in [1.82, 2.24) is 15.0 Å². The first kappa shape index (κ1) is 13.6. The topological polar surface area (TPSA) is 61.5 Å². The van der Waals surface area contributed by atoms with Crippen molar-refractivity contribution in [3.63, 3.8) is 0 Å². The lowest BCUT2D eigenvalue weighted by atomic mass is 10.1. The lowest BCUT2D eigenvalue weighted by Gasteiger charge is -2.04. The molecule has 0 atom stereocenters. The minimum Gasteiger partial charge on any atom is -0.358 e. The Balaban J connectivity index is 2.08. The van der Waals surface area contributed by atoms with Crippen molar-refractivity contribution < 1.29 is 8.78 Å². The van der Waals surface area contributed by atoms with Crippen LogP contribution in [-0.4, -0.2) is 15.0 Å². The highest BCUT2D eigenvalue weighted by atomic mass is 19.2. The van der Waals surface area contributed by atoms with Gasteiger partial charge < -0.3 is 9.97 Å². The number of para-hydroxylation sites is 1. The second kappa shape index (κ2) is 4.74. The van der Waals surface area contributed by atoms with Gasteiger partial charge in [-0.15, -0.1) is 0 Å². The number of halogens is 2. The fraction of sp³-hybridized carbons (Fsp3) is 0.0588. The lowest BCUT2D eigenvalue weighted by Crippen LogP contribution is -2.12. The van der Waals surface area contributed by atoms with Crippen molar-refractivity contribution in [3.05, 3.63) is 64.1 Å². The zero-order valence-corrected chi connectivity index (χ0v) is 12.1. The van der Waals surface area contributed by atoms with Crippen LogP contribution in [0, 0.1) is 18.6 Å². The minimum absolute atomic E-state index is 0.162. The molecule has 2 aromatic carbocycles. The molecule has 0 aliphatic rings. The van der Waals surface area contributed by atoms with E-state index in [-0.39, 0.29) is 16.7 Å². The predicted molar refractivity (Wildman–Crippen MR) is 84.3 cm³/mol. The summed E-state index contributed by atoms with van der Waals surface area (Å²) in [7, 11) is 0. The van der Waals surface area contributed by atoms with Crippen LogP contribution in [0.1, 0.15) is 5.69 Å². The molecule has 0 radical (unpaired) electrons. The summed E-state index contributed by atoms with van der Waals surface area (Å²) in [5, 5.41) is 0.852. The molecule has 114 valence electrons. The second-order valence-electron chi connectivity index (χ2n) is 5.37. The maximum Gasteiger partial charge on any atom is 0.275 e. The molecule has 6 heteroatoms. The average molecular weight is 311 g/mol. The van der Waals surface area contributed by atoms with E-state index in [4.69, 9.17) is 0 Å². The first-order chi connectivity index (χ1) is 11.0. The van der Waals surface area contributed by atoms with Crippen molar-refractivity contribution in [2.45, 2.75) is 6.92 Å². The van der Waals surface area contributed by atoms with Gasteiger partial charge in [-0.05, 0) is 13.0 Å². The van der Waals surface area contributed by atoms with E-state index in [2.05, 4.69) is 15.0 Å². The van der Waals surface area contributed by atoms with E-state index in [1.807, 2.05) is 31.2 Å². The molecule has 2 aromatic heterocycles. The molecule has 0 amide bonds. The van der Waals surface area contributed by atoms with Crippen LogP contribution in [-0.2, 0) is 0 Å². The molecule has 2 heterocycles. The Morgan fingerprint density at radius 2 is 1.74 bits per heavy atom. The quantitative estimate of drug-likeness (QED) is 0.563. The van der Waals surface area contributed by atoms with Gasteiger partial charge >= 0.3 is 0 Å². The van der Waals surface area contributed by atoms with Crippen molar-refractivity contribution in [3.8, 4) is 11.3 Å². The Kier molecular flexibility index (Phi) is 2.81. The molecule has 0 aliphatic heterocycles. The van der Waals surface area contributed by atoms with Crippen LogP contribution in [0.2, 0.25) is 0 Å². The van der Waals surface area contributed by atoms with Gasteiger partial charge in [-0.25, -0.2) is 13.8 Å². The Morgan fingerprint density at radius 1 is 1.00 bits per heavy atom. The zero-order valence-electron chi connectivity index (χ0n) is 12.1. The third-order valence-electron chi connectivity index (χ3n) is 3.86. The van der Waals surface area contributed by atoms with Crippen LogP contribution in [0.5, 0.6) is 0 Å². The van der Waals surface area contributed by atoms with Gasteiger partial charge in [-0.2, -0.15) is 0 Å². The Morgan fingerprint density at radius 3 is 2.57 bits per heavy atom. The monoisotopic (exact) mass is 311 g/mol. The zero-order chi connectivity index (χ0) is 16.1. The summed E-state index contributed by atoms with van der Waals surface area (Å²) >= 11 is 0. The van der Waals surface area contributed by atoms with Gasteiger partial charge in [0.1, 0.15) is 5.69 Å². The smallest absolute Gasteiger partial charge is 0.275 e. The van der Waals surface area contributed by atoms with Crippen LogP contribution in [0.4, 0.5) is 8.78 Å². The first-order valence-electron chi connectivity index (χ1n) is 7.01. The number of nitrogens with zero attached hydrogens (tertiary/aromatic N) is 1. The molecule has 0 saturated carbocycles. The molecule has 23 heavy (non-hydrogen) atoms. The van der Waals surface area contributed by atoms with Crippen LogP contribution >= 0.6 is 0 Å². The molecule has 0 aliphatic carbocycles. The number of H-pyrrole nitrogens is 2. The van der Waals surface area contributed by atoms with Crippen molar-refractivity contribution >= 4 is 21.9 Å². The third-order valence-corrected chi connectivity index (χ3v) is 3.86. The van der Waals surface area contributed by atoms with Crippen molar-refractivity contribution in [2.24, 2.45) is 0 Å². The number of aromatic amines is 2. The molecule has 4 aromatic rings. The summed E-state index contributed by atoms with van der Waals surface area (Å²) in [5.41, 5.74) is 2.42. The number of aryl methyl sites for hydroxylation is 1. The van der Waals surface area contributed by atoms with Crippen LogP contribution < -0.4 is 5.56 Å². The number of rotatable bonds is 1. The molecule has 0 saturated heterocycles. The molecular weight excluding hydrogens is 300 g/mol. The number of benzene rings is 2. The standard InChI is InChI=1S/C17H11F2N3O/c1-8-15(9-4-2-3-5-12(9)20-8)16-17(23)22-14-7-11(19)10(18)6-13(14)21-16/h2-7,20H,1H3,(H,22,23). The van der Waals surface area contributed by atoms with E-state index in [1.54, 1.807) is 0 Å².